The van der Waals surface area contributed by atoms with Crippen LogP contribution in [0.15, 0.2) is 10.6 Å². The van der Waals surface area contributed by atoms with E-state index >= 15 is 0 Å². The van der Waals surface area contributed by atoms with Crippen LogP contribution in [0.5, 0.6) is 0 Å². The van der Waals surface area contributed by atoms with Crippen LogP contribution in [0, 0.1) is 12.8 Å². The largest absolute Gasteiger partial charge is 0.351 e. The van der Waals surface area contributed by atoms with Gasteiger partial charge in [0.25, 0.3) is 5.91 Å². The van der Waals surface area contributed by atoms with Crippen molar-refractivity contribution < 1.29 is 9.32 Å². The van der Waals surface area contributed by atoms with Crippen LogP contribution in [0.4, 0.5) is 0 Å². The number of hydrogen-bond donors (Lipinski definition) is 1. The van der Waals surface area contributed by atoms with Gasteiger partial charge in [0.2, 0.25) is 5.76 Å². The summed E-state index contributed by atoms with van der Waals surface area (Å²) in [6.07, 6.45) is 1.19. The van der Waals surface area contributed by atoms with Crippen molar-refractivity contribution in [1.82, 2.24) is 15.4 Å². The number of hydrogen-bond acceptors (Lipinski definition) is 4. The number of likely N-dealkylation sites (tertiary alicyclic amines) is 1. The Morgan fingerprint density at radius 2 is 2.50 bits per heavy atom. The van der Waals surface area contributed by atoms with Crippen LogP contribution in [0.3, 0.4) is 0 Å². The highest BCUT2D eigenvalue weighted by atomic mass is 16.5. The molecule has 0 radical (unpaired) electrons. The Labute approximate surface area is 93.8 Å². The van der Waals surface area contributed by atoms with E-state index in [1.165, 1.54) is 6.42 Å². The first-order chi connectivity index (χ1) is 7.72. The molecule has 3 rings (SSSR count). The van der Waals surface area contributed by atoms with E-state index in [2.05, 4.69) is 10.5 Å². The zero-order chi connectivity index (χ0) is 11.1. The minimum atomic E-state index is -0.0287. The first-order valence-electron chi connectivity index (χ1n) is 5.68. The fourth-order valence-electron chi connectivity index (χ4n) is 2.62. The summed E-state index contributed by atoms with van der Waals surface area (Å²) in [5.74, 6) is 0.935. The summed E-state index contributed by atoms with van der Waals surface area (Å²) >= 11 is 0. The molecular formula is C11H15N3O2. The van der Waals surface area contributed by atoms with Gasteiger partial charge in [-0.3, -0.25) is 4.79 Å². The number of amides is 1. The van der Waals surface area contributed by atoms with E-state index in [-0.39, 0.29) is 5.91 Å². The smallest absolute Gasteiger partial charge is 0.292 e. The predicted molar refractivity (Wildman–Crippen MR) is 57.0 cm³/mol. The molecule has 1 amide bonds. The van der Waals surface area contributed by atoms with Gasteiger partial charge in [-0.1, -0.05) is 5.16 Å². The van der Waals surface area contributed by atoms with Gasteiger partial charge in [-0.2, -0.15) is 0 Å². The maximum atomic E-state index is 12.1. The lowest BCUT2D eigenvalue weighted by atomic mass is 10.00. The number of aryl methyl sites for hydroxylation is 1. The van der Waals surface area contributed by atoms with Gasteiger partial charge in [-0.25, -0.2) is 0 Å². The van der Waals surface area contributed by atoms with Crippen LogP contribution >= 0.6 is 0 Å². The SMILES string of the molecule is Cc1cc(C(=O)N2C[C@H]3CN[C@H](C3)C2)on1. The zero-order valence-corrected chi connectivity index (χ0v) is 9.27. The third kappa shape index (κ3) is 1.61. The van der Waals surface area contributed by atoms with Gasteiger partial charge in [0.1, 0.15) is 0 Å². The number of nitrogens with one attached hydrogen (secondary N) is 1. The second-order valence-corrected chi connectivity index (χ2v) is 4.75. The molecule has 2 fully saturated rings. The van der Waals surface area contributed by atoms with E-state index in [0.717, 1.165) is 25.3 Å². The van der Waals surface area contributed by atoms with Crippen molar-refractivity contribution in [2.45, 2.75) is 19.4 Å². The summed E-state index contributed by atoms with van der Waals surface area (Å²) in [5.41, 5.74) is 0.751. The fraction of sp³-hybridized carbons (Fsp3) is 0.636. The Bertz CT molecular complexity index is 403. The molecule has 1 aromatic rings. The molecule has 5 nitrogen and oxygen atoms in total. The van der Waals surface area contributed by atoms with Crippen molar-refractivity contribution in [3.8, 4) is 0 Å². The van der Waals surface area contributed by atoms with Crippen molar-refractivity contribution in [1.29, 1.82) is 0 Å². The third-order valence-electron chi connectivity index (χ3n) is 3.36. The molecule has 5 heteroatoms. The van der Waals surface area contributed by atoms with E-state index in [1.54, 1.807) is 6.07 Å². The van der Waals surface area contributed by atoms with Crippen LogP contribution in [0.2, 0.25) is 0 Å². The highest BCUT2D eigenvalue weighted by Crippen LogP contribution is 2.23. The number of piperidine rings is 1. The van der Waals surface area contributed by atoms with Crippen LogP contribution in [0.1, 0.15) is 22.7 Å². The maximum Gasteiger partial charge on any atom is 0.292 e. The topological polar surface area (TPSA) is 58.4 Å². The Morgan fingerprint density at radius 3 is 3.19 bits per heavy atom. The molecule has 2 bridgehead atoms. The molecule has 0 aromatic carbocycles. The number of carbonyl (C=O) groups excluding carboxylic acids is 1. The summed E-state index contributed by atoms with van der Waals surface area (Å²) in [7, 11) is 0. The molecule has 16 heavy (non-hydrogen) atoms. The minimum absolute atomic E-state index is 0.0287. The molecule has 0 unspecified atom stereocenters. The lowest BCUT2D eigenvalue weighted by molar-refractivity contribution is 0.0649. The Morgan fingerprint density at radius 1 is 1.62 bits per heavy atom. The zero-order valence-electron chi connectivity index (χ0n) is 9.27. The first kappa shape index (κ1) is 9.84. The highest BCUT2D eigenvalue weighted by Gasteiger charge is 2.35. The summed E-state index contributed by atoms with van der Waals surface area (Å²) in [6.45, 7) is 4.47. The number of fused-ring (bicyclic) bond motifs is 2. The standard InChI is InChI=1S/C11H15N3O2/c1-7-2-10(16-13-7)11(15)14-5-8-3-9(6-14)12-4-8/h2,8-9,12H,3-6H2,1H3/t8-,9-/m1/s1. The summed E-state index contributed by atoms with van der Waals surface area (Å²) in [6, 6.07) is 2.17. The Hall–Kier alpha value is -1.36. The summed E-state index contributed by atoms with van der Waals surface area (Å²) in [4.78, 5) is 14.0. The molecule has 0 saturated carbocycles. The van der Waals surface area contributed by atoms with Crippen LogP contribution in [0.25, 0.3) is 0 Å². The molecular weight excluding hydrogens is 206 g/mol. The summed E-state index contributed by atoms with van der Waals surface area (Å²) in [5, 5.41) is 7.17. The molecule has 3 heterocycles. The second-order valence-electron chi connectivity index (χ2n) is 4.75. The average molecular weight is 221 g/mol. The van der Waals surface area contributed by atoms with E-state index in [1.807, 2.05) is 11.8 Å². The summed E-state index contributed by atoms with van der Waals surface area (Å²) < 4.78 is 5.01. The van der Waals surface area contributed by atoms with E-state index in [9.17, 15) is 4.79 Å². The van der Waals surface area contributed by atoms with Gasteiger partial charge in [0.15, 0.2) is 0 Å². The molecule has 0 spiro atoms. The van der Waals surface area contributed by atoms with E-state index in [0.29, 0.717) is 17.7 Å². The average Bonchev–Trinajstić information content (AvgIpc) is 2.84. The normalized spacial score (nSPS) is 28.4. The van der Waals surface area contributed by atoms with Gasteiger partial charge in [0, 0.05) is 31.7 Å². The van der Waals surface area contributed by atoms with Gasteiger partial charge in [-0.15, -0.1) is 0 Å². The number of nitrogens with zero attached hydrogens (tertiary/aromatic N) is 2. The van der Waals surface area contributed by atoms with Crippen molar-refractivity contribution in [2.24, 2.45) is 5.92 Å². The molecule has 1 N–H and O–H groups in total. The van der Waals surface area contributed by atoms with Gasteiger partial charge in [-0.05, 0) is 19.3 Å². The molecule has 2 atom stereocenters. The van der Waals surface area contributed by atoms with Gasteiger partial charge < -0.3 is 14.7 Å². The van der Waals surface area contributed by atoms with Crippen molar-refractivity contribution >= 4 is 5.91 Å². The number of carbonyl (C=O) groups is 1. The van der Waals surface area contributed by atoms with Gasteiger partial charge in [0.05, 0.1) is 5.69 Å². The molecule has 2 aliphatic rings. The Balaban J connectivity index is 1.76. The second kappa shape index (κ2) is 3.59. The van der Waals surface area contributed by atoms with Crippen molar-refractivity contribution in [3.05, 3.63) is 17.5 Å². The van der Waals surface area contributed by atoms with Crippen molar-refractivity contribution in [2.75, 3.05) is 19.6 Å². The molecule has 0 aliphatic carbocycles. The first-order valence-corrected chi connectivity index (χ1v) is 5.68. The fourth-order valence-corrected chi connectivity index (χ4v) is 2.62. The lowest BCUT2D eigenvalue weighted by Crippen LogP contribution is -2.44. The van der Waals surface area contributed by atoms with Crippen LogP contribution < -0.4 is 5.32 Å². The Kier molecular flexibility index (Phi) is 2.21. The van der Waals surface area contributed by atoms with Crippen molar-refractivity contribution in [3.63, 3.8) is 0 Å². The number of rotatable bonds is 1. The van der Waals surface area contributed by atoms with E-state index in [4.69, 9.17) is 4.52 Å². The molecule has 2 aliphatic heterocycles. The third-order valence-corrected chi connectivity index (χ3v) is 3.36. The quantitative estimate of drug-likeness (QED) is 0.746. The molecule has 1 aromatic heterocycles. The lowest BCUT2D eigenvalue weighted by Gasteiger charge is -2.30. The van der Waals surface area contributed by atoms with Crippen LogP contribution in [-0.2, 0) is 0 Å². The molecule has 2 saturated heterocycles. The van der Waals surface area contributed by atoms with Crippen LogP contribution in [-0.4, -0.2) is 41.6 Å². The highest BCUT2D eigenvalue weighted by molar-refractivity contribution is 5.91. The van der Waals surface area contributed by atoms with E-state index < -0.39 is 0 Å². The minimum Gasteiger partial charge on any atom is -0.351 e. The maximum absolute atomic E-state index is 12.1. The predicted octanol–water partition coefficient (Wildman–Crippen LogP) is 0.417. The number of aromatic nitrogens is 1. The van der Waals surface area contributed by atoms with Gasteiger partial charge >= 0.3 is 0 Å². The molecule has 86 valence electrons. The monoisotopic (exact) mass is 221 g/mol.